The van der Waals surface area contributed by atoms with Crippen molar-refractivity contribution in [1.29, 1.82) is 0 Å². The maximum atomic E-state index is 13.7. The standard InChI is InChI=1S/C17H12BrFN2O2S/c18-12-5-6-15(23-9-10-3-1-2-4-13(10)19)11(7-12)8-14-16(22)21-17(24)20-14/h1-8H,9H2,(H2,20,21,22,24)/b14-8+. The maximum Gasteiger partial charge on any atom is 0.273 e. The van der Waals surface area contributed by atoms with Crippen molar-refractivity contribution >= 4 is 45.2 Å². The minimum absolute atomic E-state index is 0.0858. The highest BCUT2D eigenvalue weighted by Crippen LogP contribution is 2.27. The van der Waals surface area contributed by atoms with Gasteiger partial charge in [-0.2, -0.15) is 0 Å². The molecule has 0 unspecified atom stereocenters. The van der Waals surface area contributed by atoms with E-state index in [1.54, 1.807) is 36.4 Å². The fraction of sp³-hybridized carbons (Fsp3) is 0.0588. The number of ether oxygens (including phenoxy) is 1. The molecule has 0 atom stereocenters. The molecule has 4 nitrogen and oxygen atoms in total. The summed E-state index contributed by atoms with van der Waals surface area (Å²) in [7, 11) is 0. The topological polar surface area (TPSA) is 50.4 Å². The summed E-state index contributed by atoms with van der Waals surface area (Å²) in [6.45, 7) is 0.0858. The lowest BCUT2D eigenvalue weighted by molar-refractivity contribution is -0.115. The second-order valence-corrected chi connectivity index (χ2v) is 6.35. The van der Waals surface area contributed by atoms with Crippen molar-refractivity contribution in [3.63, 3.8) is 0 Å². The van der Waals surface area contributed by atoms with Crippen molar-refractivity contribution in [3.8, 4) is 5.75 Å². The van der Waals surface area contributed by atoms with E-state index in [1.807, 2.05) is 6.07 Å². The van der Waals surface area contributed by atoms with Gasteiger partial charge in [-0.15, -0.1) is 0 Å². The Hall–Kier alpha value is -2.25. The number of thiocarbonyl (C=S) groups is 1. The molecule has 122 valence electrons. The van der Waals surface area contributed by atoms with Crippen LogP contribution in [0.25, 0.3) is 6.08 Å². The van der Waals surface area contributed by atoms with Crippen molar-refractivity contribution in [2.45, 2.75) is 6.61 Å². The molecule has 3 rings (SSSR count). The number of nitrogens with one attached hydrogen (secondary N) is 2. The van der Waals surface area contributed by atoms with Gasteiger partial charge < -0.3 is 10.1 Å². The lowest BCUT2D eigenvalue weighted by atomic mass is 10.1. The van der Waals surface area contributed by atoms with E-state index in [-0.39, 0.29) is 23.4 Å². The van der Waals surface area contributed by atoms with Crippen LogP contribution in [-0.4, -0.2) is 11.0 Å². The minimum Gasteiger partial charge on any atom is -0.488 e. The smallest absolute Gasteiger partial charge is 0.273 e. The predicted molar refractivity (Wildman–Crippen MR) is 96.7 cm³/mol. The molecule has 0 saturated carbocycles. The average Bonchev–Trinajstić information content (AvgIpc) is 2.85. The van der Waals surface area contributed by atoms with Crippen molar-refractivity contribution in [3.05, 3.63) is 69.6 Å². The van der Waals surface area contributed by atoms with Crippen LogP contribution >= 0.6 is 28.1 Å². The first kappa shape index (κ1) is 16.6. The molecule has 7 heteroatoms. The Bertz CT molecular complexity index is 854. The second-order valence-electron chi connectivity index (χ2n) is 5.03. The summed E-state index contributed by atoms with van der Waals surface area (Å²) in [5.74, 6) is -0.0990. The first-order valence-corrected chi connectivity index (χ1v) is 8.23. The Morgan fingerprint density at radius 2 is 2.00 bits per heavy atom. The summed E-state index contributed by atoms with van der Waals surface area (Å²) < 4.78 is 20.3. The monoisotopic (exact) mass is 406 g/mol. The van der Waals surface area contributed by atoms with E-state index in [1.165, 1.54) is 6.07 Å². The quantitative estimate of drug-likeness (QED) is 0.602. The molecule has 0 spiro atoms. The van der Waals surface area contributed by atoms with Gasteiger partial charge in [0.15, 0.2) is 5.11 Å². The van der Waals surface area contributed by atoms with E-state index in [4.69, 9.17) is 17.0 Å². The van der Waals surface area contributed by atoms with Crippen molar-refractivity contribution < 1.29 is 13.9 Å². The summed E-state index contributed by atoms with van der Waals surface area (Å²) in [5, 5.41) is 5.54. The van der Waals surface area contributed by atoms with Crippen LogP contribution in [0.2, 0.25) is 0 Å². The molecule has 0 radical (unpaired) electrons. The molecule has 1 heterocycles. The van der Waals surface area contributed by atoms with Gasteiger partial charge in [0.25, 0.3) is 5.91 Å². The van der Waals surface area contributed by atoms with Gasteiger partial charge in [0, 0.05) is 15.6 Å². The van der Waals surface area contributed by atoms with E-state index in [0.717, 1.165) is 4.47 Å². The third-order valence-corrected chi connectivity index (χ3v) is 4.03. The van der Waals surface area contributed by atoms with E-state index < -0.39 is 0 Å². The van der Waals surface area contributed by atoms with Crippen molar-refractivity contribution in [1.82, 2.24) is 10.6 Å². The molecule has 0 aliphatic carbocycles. The second kappa shape index (κ2) is 7.11. The van der Waals surface area contributed by atoms with Gasteiger partial charge in [-0.25, -0.2) is 4.39 Å². The Labute approximate surface area is 151 Å². The molecule has 1 saturated heterocycles. The maximum absolute atomic E-state index is 13.7. The van der Waals surface area contributed by atoms with Crippen LogP contribution in [0.3, 0.4) is 0 Å². The number of hydrogen-bond donors (Lipinski definition) is 2. The van der Waals surface area contributed by atoms with Gasteiger partial charge in [-0.3, -0.25) is 10.1 Å². The molecule has 1 aliphatic heterocycles. The zero-order valence-corrected chi connectivity index (χ0v) is 14.7. The van der Waals surface area contributed by atoms with Crippen LogP contribution in [0.4, 0.5) is 4.39 Å². The molecule has 2 N–H and O–H groups in total. The highest BCUT2D eigenvalue weighted by Gasteiger charge is 2.20. The summed E-state index contributed by atoms with van der Waals surface area (Å²) in [5.41, 5.74) is 1.45. The molecule has 2 aromatic carbocycles. The van der Waals surface area contributed by atoms with Gasteiger partial charge in [0.1, 0.15) is 23.9 Å². The average molecular weight is 407 g/mol. The number of hydrogen-bond acceptors (Lipinski definition) is 3. The molecule has 2 aromatic rings. The minimum atomic E-state index is -0.322. The lowest BCUT2D eigenvalue weighted by Gasteiger charge is -2.11. The van der Waals surface area contributed by atoms with Crippen LogP contribution in [-0.2, 0) is 11.4 Å². The molecule has 0 bridgehead atoms. The number of benzene rings is 2. The molecule has 1 aliphatic rings. The fourth-order valence-corrected chi connectivity index (χ4v) is 2.75. The molecular weight excluding hydrogens is 395 g/mol. The Morgan fingerprint density at radius 1 is 1.21 bits per heavy atom. The SMILES string of the molecule is O=C1NC(=S)N/C1=C/c1cc(Br)ccc1OCc1ccccc1F. The molecular formula is C17H12BrFN2O2S. The zero-order chi connectivity index (χ0) is 17.1. The summed E-state index contributed by atoms with van der Waals surface area (Å²) in [6, 6.07) is 11.8. The van der Waals surface area contributed by atoms with Crippen molar-refractivity contribution in [2.75, 3.05) is 0 Å². The highest BCUT2D eigenvalue weighted by molar-refractivity contribution is 9.10. The van der Waals surface area contributed by atoms with Gasteiger partial charge in [-0.05, 0) is 42.6 Å². The van der Waals surface area contributed by atoms with Gasteiger partial charge in [0.2, 0.25) is 0 Å². The molecule has 24 heavy (non-hydrogen) atoms. The third kappa shape index (κ3) is 3.80. The normalized spacial score (nSPS) is 15.3. The third-order valence-electron chi connectivity index (χ3n) is 3.33. The number of amides is 1. The summed E-state index contributed by atoms with van der Waals surface area (Å²) in [6.07, 6.45) is 1.63. The van der Waals surface area contributed by atoms with Crippen LogP contribution in [0, 0.1) is 5.82 Å². The zero-order valence-electron chi connectivity index (χ0n) is 12.3. The first-order valence-electron chi connectivity index (χ1n) is 7.03. The van der Waals surface area contributed by atoms with Crippen LogP contribution in [0.15, 0.2) is 52.6 Å². The molecule has 1 fully saturated rings. The van der Waals surface area contributed by atoms with E-state index in [2.05, 4.69) is 26.6 Å². The fourth-order valence-electron chi connectivity index (χ4n) is 2.17. The number of carbonyl (C=O) groups is 1. The molecule has 0 aromatic heterocycles. The Balaban J connectivity index is 1.86. The van der Waals surface area contributed by atoms with E-state index in [9.17, 15) is 9.18 Å². The summed E-state index contributed by atoms with van der Waals surface area (Å²) in [4.78, 5) is 11.8. The van der Waals surface area contributed by atoms with Crippen LogP contribution < -0.4 is 15.4 Å². The lowest BCUT2D eigenvalue weighted by Crippen LogP contribution is -2.21. The van der Waals surface area contributed by atoms with Gasteiger partial charge in [-0.1, -0.05) is 34.1 Å². The highest BCUT2D eigenvalue weighted by atomic mass is 79.9. The number of rotatable bonds is 4. The Morgan fingerprint density at radius 3 is 2.71 bits per heavy atom. The van der Waals surface area contributed by atoms with Crippen LogP contribution in [0.1, 0.15) is 11.1 Å². The summed E-state index contributed by atoms with van der Waals surface area (Å²) >= 11 is 8.30. The van der Waals surface area contributed by atoms with Crippen molar-refractivity contribution in [2.24, 2.45) is 0 Å². The molecule has 1 amide bonds. The van der Waals surface area contributed by atoms with Crippen LogP contribution in [0.5, 0.6) is 5.75 Å². The van der Waals surface area contributed by atoms with E-state index in [0.29, 0.717) is 22.6 Å². The predicted octanol–water partition coefficient (Wildman–Crippen LogP) is 3.51. The van der Waals surface area contributed by atoms with Gasteiger partial charge >= 0.3 is 0 Å². The van der Waals surface area contributed by atoms with Gasteiger partial charge in [0.05, 0.1) is 0 Å². The first-order chi connectivity index (χ1) is 11.5. The van der Waals surface area contributed by atoms with E-state index >= 15 is 0 Å². The number of carbonyl (C=O) groups excluding carboxylic acids is 1. The number of halogens is 2. The Kier molecular flexibility index (Phi) is 4.92. The largest absolute Gasteiger partial charge is 0.488 e.